The summed E-state index contributed by atoms with van der Waals surface area (Å²) >= 11 is 1.49. The third-order valence-corrected chi connectivity index (χ3v) is 3.63. The molecule has 1 saturated heterocycles. The van der Waals surface area contributed by atoms with Gasteiger partial charge in [0.1, 0.15) is 0 Å². The normalized spacial score (nSPS) is 15.5. The lowest BCUT2D eigenvalue weighted by Crippen LogP contribution is -2.32. The minimum Gasteiger partial charge on any atom is -0.325 e. The molecule has 1 aromatic carbocycles. The molecule has 5 nitrogen and oxygen atoms in total. The summed E-state index contributed by atoms with van der Waals surface area (Å²) in [6.45, 7) is 0. The summed E-state index contributed by atoms with van der Waals surface area (Å²) in [4.78, 5) is 38.9. The van der Waals surface area contributed by atoms with Crippen molar-refractivity contribution in [1.82, 2.24) is 5.06 Å². The highest BCUT2D eigenvalue weighted by molar-refractivity contribution is 14.1. The van der Waals surface area contributed by atoms with Crippen molar-refractivity contribution >= 4 is 40.4 Å². The number of alkyl halides is 3. The Morgan fingerprint density at radius 3 is 2.29 bits per heavy atom. The highest BCUT2D eigenvalue weighted by Crippen LogP contribution is 2.33. The van der Waals surface area contributed by atoms with E-state index in [1.807, 2.05) is 0 Å². The zero-order valence-corrected chi connectivity index (χ0v) is 12.4. The lowest BCUT2D eigenvalue weighted by atomic mass is 10.1. The molecule has 9 heteroatoms. The van der Waals surface area contributed by atoms with Crippen molar-refractivity contribution in [3.63, 3.8) is 0 Å². The Morgan fingerprint density at radius 2 is 1.76 bits per heavy atom. The second-order valence-corrected chi connectivity index (χ2v) is 5.32. The van der Waals surface area contributed by atoms with Crippen LogP contribution in [0.3, 0.4) is 0 Å². The van der Waals surface area contributed by atoms with Gasteiger partial charge in [0.15, 0.2) is 0 Å². The van der Waals surface area contributed by atoms with Crippen LogP contribution in [0.4, 0.5) is 13.2 Å². The number of carbonyl (C=O) groups excluding carboxylic acids is 3. The molecule has 0 atom stereocenters. The van der Waals surface area contributed by atoms with Gasteiger partial charge in [0, 0.05) is 16.4 Å². The van der Waals surface area contributed by atoms with Crippen molar-refractivity contribution in [1.29, 1.82) is 0 Å². The molecule has 1 heterocycles. The molecule has 2 amide bonds. The monoisotopic (exact) mass is 413 g/mol. The van der Waals surface area contributed by atoms with Crippen LogP contribution in [-0.4, -0.2) is 22.8 Å². The number of hydrogen-bond acceptors (Lipinski definition) is 4. The summed E-state index contributed by atoms with van der Waals surface area (Å²) in [6.07, 6.45) is -4.80. The number of hydrogen-bond donors (Lipinski definition) is 0. The van der Waals surface area contributed by atoms with Crippen LogP contribution in [0.25, 0.3) is 0 Å². The van der Waals surface area contributed by atoms with Crippen LogP contribution in [-0.2, 0) is 20.6 Å². The third-order valence-electron chi connectivity index (χ3n) is 2.69. The number of imide groups is 1. The maximum absolute atomic E-state index is 12.7. The summed E-state index contributed by atoms with van der Waals surface area (Å²) in [6, 6.07) is 2.85. The van der Waals surface area contributed by atoms with E-state index in [-0.39, 0.29) is 21.5 Å². The maximum atomic E-state index is 12.7. The molecule has 0 unspecified atom stereocenters. The smallest absolute Gasteiger partial charge is 0.325 e. The summed E-state index contributed by atoms with van der Waals surface area (Å²) < 4.78 is 38.2. The van der Waals surface area contributed by atoms with E-state index in [1.165, 1.54) is 22.6 Å². The quantitative estimate of drug-likeness (QED) is 0.553. The topological polar surface area (TPSA) is 63.7 Å². The minimum absolute atomic E-state index is 0.0787. The predicted molar refractivity (Wildman–Crippen MR) is 70.7 cm³/mol. The van der Waals surface area contributed by atoms with E-state index in [2.05, 4.69) is 4.84 Å². The van der Waals surface area contributed by atoms with Gasteiger partial charge in [-0.2, -0.15) is 13.2 Å². The Balaban J connectivity index is 2.24. The number of halogens is 4. The van der Waals surface area contributed by atoms with Crippen LogP contribution in [0.2, 0.25) is 0 Å². The number of nitrogens with zero attached hydrogens (tertiary/aromatic N) is 1. The first-order chi connectivity index (χ1) is 9.70. The molecule has 0 bridgehead atoms. The van der Waals surface area contributed by atoms with Crippen LogP contribution >= 0.6 is 22.6 Å². The first kappa shape index (κ1) is 15.7. The van der Waals surface area contributed by atoms with Crippen molar-refractivity contribution in [2.75, 3.05) is 0 Å². The van der Waals surface area contributed by atoms with E-state index in [9.17, 15) is 27.6 Å². The molecule has 0 aromatic heterocycles. The first-order valence-corrected chi connectivity index (χ1v) is 6.73. The SMILES string of the molecule is O=C(ON1C(=O)CCC1=O)c1ccc(I)c(C(F)(F)F)c1. The molecule has 1 aliphatic rings. The van der Waals surface area contributed by atoms with Gasteiger partial charge in [-0.3, -0.25) is 9.59 Å². The van der Waals surface area contributed by atoms with Crippen LogP contribution in [0.15, 0.2) is 18.2 Å². The number of benzene rings is 1. The zero-order chi connectivity index (χ0) is 15.8. The van der Waals surface area contributed by atoms with Gasteiger partial charge in [0.25, 0.3) is 11.8 Å². The molecule has 0 spiro atoms. The van der Waals surface area contributed by atoms with Gasteiger partial charge in [0.2, 0.25) is 0 Å². The Hall–Kier alpha value is -1.65. The molecule has 0 saturated carbocycles. The lowest BCUT2D eigenvalue weighted by molar-refractivity contribution is -0.172. The fraction of sp³-hybridized carbons (Fsp3) is 0.250. The second kappa shape index (κ2) is 5.62. The number of carbonyl (C=O) groups is 3. The van der Waals surface area contributed by atoms with Gasteiger partial charge >= 0.3 is 12.1 Å². The van der Waals surface area contributed by atoms with Gasteiger partial charge in [-0.05, 0) is 40.8 Å². The van der Waals surface area contributed by atoms with E-state index in [0.717, 1.165) is 12.1 Å². The lowest BCUT2D eigenvalue weighted by Gasteiger charge is -2.14. The molecule has 112 valence electrons. The molecule has 21 heavy (non-hydrogen) atoms. The van der Waals surface area contributed by atoms with E-state index >= 15 is 0 Å². The Kier molecular flexibility index (Phi) is 4.21. The Bertz CT molecular complexity index is 613. The van der Waals surface area contributed by atoms with Gasteiger partial charge in [-0.25, -0.2) is 4.79 Å². The molecule has 0 N–H and O–H groups in total. The van der Waals surface area contributed by atoms with Crippen LogP contribution in [0, 0.1) is 3.57 Å². The van der Waals surface area contributed by atoms with Crippen molar-refractivity contribution in [3.05, 3.63) is 32.9 Å². The van der Waals surface area contributed by atoms with Crippen molar-refractivity contribution < 1.29 is 32.4 Å². The van der Waals surface area contributed by atoms with Crippen LogP contribution in [0.1, 0.15) is 28.8 Å². The fourth-order valence-electron chi connectivity index (χ4n) is 1.66. The summed E-state index contributed by atoms with van der Waals surface area (Å²) in [5, 5.41) is 0.285. The van der Waals surface area contributed by atoms with E-state index in [4.69, 9.17) is 0 Å². The average molecular weight is 413 g/mol. The maximum Gasteiger partial charge on any atom is 0.417 e. The minimum atomic E-state index is -4.62. The fourth-order valence-corrected chi connectivity index (χ4v) is 2.30. The average Bonchev–Trinajstić information content (AvgIpc) is 2.69. The molecular formula is C12H7F3INO4. The Labute approximate surface area is 130 Å². The van der Waals surface area contributed by atoms with Crippen molar-refractivity contribution in [2.45, 2.75) is 19.0 Å². The van der Waals surface area contributed by atoms with Crippen LogP contribution < -0.4 is 0 Å². The third kappa shape index (κ3) is 3.34. The Morgan fingerprint density at radius 1 is 1.19 bits per heavy atom. The largest absolute Gasteiger partial charge is 0.417 e. The summed E-state index contributed by atoms with van der Waals surface area (Å²) in [5.74, 6) is -2.59. The highest BCUT2D eigenvalue weighted by atomic mass is 127. The van der Waals surface area contributed by atoms with E-state index in [0.29, 0.717) is 6.07 Å². The van der Waals surface area contributed by atoms with E-state index < -0.39 is 35.1 Å². The van der Waals surface area contributed by atoms with Crippen LogP contribution in [0.5, 0.6) is 0 Å². The predicted octanol–water partition coefficient (Wildman–Crippen LogP) is 2.53. The standard InChI is InChI=1S/C12H7F3INO4/c13-12(14,15)7-5-6(1-2-8(7)16)11(20)21-17-9(18)3-4-10(17)19/h1-2,5H,3-4H2. The van der Waals surface area contributed by atoms with E-state index in [1.54, 1.807) is 0 Å². The van der Waals surface area contributed by atoms with Gasteiger partial charge < -0.3 is 4.84 Å². The zero-order valence-electron chi connectivity index (χ0n) is 10.2. The molecule has 0 radical (unpaired) electrons. The highest BCUT2D eigenvalue weighted by Gasteiger charge is 2.36. The number of amides is 2. The molecule has 1 aliphatic heterocycles. The first-order valence-electron chi connectivity index (χ1n) is 5.65. The molecular weight excluding hydrogens is 406 g/mol. The van der Waals surface area contributed by atoms with Gasteiger partial charge in [0.05, 0.1) is 11.1 Å². The summed E-state index contributed by atoms with van der Waals surface area (Å²) in [7, 11) is 0. The second-order valence-electron chi connectivity index (χ2n) is 4.15. The molecule has 1 aromatic rings. The summed E-state index contributed by atoms with van der Waals surface area (Å²) in [5.41, 5.74) is -1.38. The van der Waals surface area contributed by atoms with Crippen molar-refractivity contribution in [3.8, 4) is 0 Å². The molecule has 1 fully saturated rings. The number of rotatable bonds is 2. The van der Waals surface area contributed by atoms with Crippen molar-refractivity contribution in [2.24, 2.45) is 0 Å². The molecule has 0 aliphatic carbocycles. The molecule has 2 rings (SSSR count). The van der Waals surface area contributed by atoms with Gasteiger partial charge in [-0.1, -0.05) is 0 Å². The number of hydroxylamine groups is 2. The van der Waals surface area contributed by atoms with Gasteiger partial charge in [-0.15, -0.1) is 5.06 Å².